The van der Waals surface area contributed by atoms with E-state index in [0.29, 0.717) is 13.2 Å². The minimum Gasteiger partial charge on any atom is -0.468 e. The molecule has 0 amide bonds. The second-order valence-electron chi connectivity index (χ2n) is 5.87. The van der Waals surface area contributed by atoms with Crippen LogP contribution in [0.25, 0.3) is 0 Å². The maximum Gasteiger partial charge on any atom is 0.189 e. The monoisotopic (exact) mass is 282 g/mol. The van der Waals surface area contributed by atoms with Gasteiger partial charge in [0.15, 0.2) is 6.79 Å². The first-order chi connectivity index (χ1) is 9.01. The van der Waals surface area contributed by atoms with Gasteiger partial charge in [0, 0.05) is 15.2 Å². The molecule has 1 aromatic rings. The summed E-state index contributed by atoms with van der Waals surface area (Å²) in [7, 11) is 0.682. The largest absolute Gasteiger partial charge is 0.468 e. The molecule has 1 rings (SSSR count). The van der Waals surface area contributed by atoms with Crippen molar-refractivity contribution in [3.05, 3.63) is 29.8 Å². The normalized spacial score (nSPS) is 11.6. The van der Waals surface area contributed by atoms with E-state index in [1.807, 2.05) is 12.1 Å². The van der Waals surface area contributed by atoms with E-state index in [-0.39, 0.29) is 6.79 Å². The molecule has 0 N–H and O–H groups in total. The van der Waals surface area contributed by atoms with Gasteiger partial charge in [-0.25, -0.2) is 0 Å². The number of hydrogen-bond donors (Lipinski definition) is 0. The van der Waals surface area contributed by atoms with Crippen molar-refractivity contribution in [2.45, 2.75) is 32.1 Å². The van der Waals surface area contributed by atoms with Crippen LogP contribution in [0.3, 0.4) is 0 Å². The fourth-order valence-electron chi connectivity index (χ4n) is 1.62. The van der Waals surface area contributed by atoms with Gasteiger partial charge < -0.3 is 14.2 Å². The lowest BCUT2D eigenvalue weighted by Crippen LogP contribution is -2.19. The highest BCUT2D eigenvalue weighted by molar-refractivity contribution is 6.76. The molecule has 0 radical (unpaired) electrons. The highest BCUT2D eigenvalue weighted by Crippen LogP contribution is 2.18. The van der Waals surface area contributed by atoms with Crippen LogP contribution in [0.5, 0.6) is 5.75 Å². The molecule has 3 nitrogen and oxygen atoms in total. The van der Waals surface area contributed by atoms with Gasteiger partial charge in [-0.05, 0) is 24.1 Å². The van der Waals surface area contributed by atoms with Crippen molar-refractivity contribution in [3.63, 3.8) is 0 Å². The molecule has 4 heteroatoms. The Labute approximate surface area is 117 Å². The number of benzene rings is 1. The molecule has 0 aliphatic heterocycles. The summed E-state index contributed by atoms with van der Waals surface area (Å²) < 4.78 is 15.8. The van der Waals surface area contributed by atoms with Gasteiger partial charge in [-0.2, -0.15) is 0 Å². The summed E-state index contributed by atoms with van der Waals surface area (Å²) in [6, 6.07) is 9.60. The zero-order valence-electron chi connectivity index (χ0n) is 12.6. The molecule has 0 aliphatic rings. The Kier molecular flexibility index (Phi) is 7.13. The van der Waals surface area contributed by atoms with Gasteiger partial charge in [-0.1, -0.05) is 37.8 Å². The van der Waals surface area contributed by atoms with E-state index in [1.165, 1.54) is 11.6 Å². The molecule has 0 saturated heterocycles. The van der Waals surface area contributed by atoms with Gasteiger partial charge >= 0.3 is 0 Å². The lowest BCUT2D eigenvalue weighted by molar-refractivity contribution is -0.00849. The zero-order chi connectivity index (χ0) is 14.1. The first-order valence-electron chi connectivity index (χ1n) is 6.80. The lowest BCUT2D eigenvalue weighted by atomic mass is 10.2. The topological polar surface area (TPSA) is 27.7 Å². The summed E-state index contributed by atoms with van der Waals surface area (Å²) in [6.07, 6.45) is 1.14. The van der Waals surface area contributed by atoms with Gasteiger partial charge in [-0.15, -0.1) is 0 Å². The van der Waals surface area contributed by atoms with E-state index in [9.17, 15) is 0 Å². The van der Waals surface area contributed by atoms with Crippen LogP contribution in [-0.2, 0) is 15.9 Å². The lowest BCUT2D eigenvalue weighted by Gasteiger charge is -2.15. The summed E-state index contributed by atoms with van der Waals surface area (Å²) >= 11 is 0. The number of methoxy groups -OCH3 is 1. The Morgan fingerprint density at radius 3 is 2.58 bits per heavy atom. The molecule has 0 fully saturated rings. The third-order valence-electron chi connectivity index (χ3n) is 2.80. The smallest absolute Gasteiger partial charge is 0.189 e. The average Bonchev–Trinajstić information content (AvgIpc) is 2.36. The third-order valence-corrected chi connectivity index (χ3v) is 4.55. The molecule has 0 aliphatic carbocycles. The van der Waals surface area contributed by atoms with Crippen LogP contribution in [0.2, 0.25) is 25.7 Å². The van der Waals surface area contributed by atoms with Crippen molar-refractivity contribution >= 4 is 8.07 Å². The van der Waals surface area contributed by atoms with E-state index in [4.69, 9.17) is 14.2 Å². The molecule has 0 atom stereocenters. The van der Waals surface area contributed by atoms with Gasteiger partial charge in [0.05, 0.1) is 13.2 Å². The highest BCUT2D eigenvalue weighted by atomic mass is 28.3. The summed E-state index contributed by atoms with van der Waals surface area (Å²) in [6.45, 7) is 8.64. The van der Waals surface area contributed by atoms with Crippen LogP contribution in [0.1, 0.15) is 5.56 Å². The van der Waals surface area contributed by atoms with Crippen molar-refractivity contribution in [1.82, 2.24) is 0 Å². The third kappa shape index (κ3) is 8.03. The minimum atomic E-state index is -0.977. The van der Waals surface area contributed by atoms with Gasteiger partial charge in [0.25, 0.3) is 0 Å². The quantitative estimate of drug-likeness (QED) is 0.394. The molecule has 0 unspecified atom stereocenters. The Morgan fingerprint density at radius 1 is 1.11 bits per heavy atom. The van der Waals surface area contributed by atoms with Crippen molar-refractivity contribution in [2.75, 3.05) is 27.1 Å². The van der Waals surface area contributed by atoms with Crippen LogP contribution in [0.15, 0.2) is 24.3 Å². The summed E-state index contributed by atoms with van der Waals surface area (Å²) in [5.74, 6) is 0.880. The van der Waals surface area contributed by atoms with Gasteiger partial charge in [-0.3, -0.25) is 0 Å². The summed E-state index contributed by atoms with van der Waals surface area (Å²) in [5.41, 5.74) is 1.34. The zero-order valence-corrected chi connectivity index (χ0v) is 13.6. The van der Waals surface area contributed by atoms with Crippen molar-refractivity contribution in [2.24, 2.45) is 0 Å². The predicted molar refractivity (Wildman–Crippen MR) is 81.6 cm³/mol. The minimum absolute atomic E-state index is 0.279. The summed E-state index contributed by atoms with van der Waals surface area (Å²) in [5, 5.41) is 0. The first kappa shape index (κ1) is 16.2. The van der Waals surface area contributed by atoms with E-state index in [1.54, 1.807) is 7.11 Å². The van der Waals surface area contributed by atoms with Crippen LogP contribution in [0.4, 0.5) is 0 Å². The average molecular weight is 282 g/mol. The molecular weight excluding hydrogens is 256 g/mol. The van der Waals surface area contributed by atoms with E-state index >= 15 is 0 Å². The summed E-state index contributed by atoms with van der Waals surface area (Å²) in [4.78, 5) is 0. The molecule has 0 saturated carbocycles. The van der Waals surface area contributed by atoms with Crippen molar-refractivity contribution in [3.8, 4) is 5.75 Å². The number of rotatable bonds is 9. The van der Waals surface area contributed by atoms with E-state index in [0.717, 1.165) is 12.2 Å². The SMILES string of the molecule is COCCOCOc1cccc(CC[Si](C)(C)C)c1. The Morgan fingerprint density at radius 2 is 1.89 bits per heavy atom. The van der Waals surface area contributed by atoms with Crippen LogP contribution >= 0.6 is 0 Å². The highest BCUT2D eigenvalue weighted by Gasteiger charge is 2.12. The molecule has 0 aromatic heterocycles. The van der Waals surface area contributed by atoms with E-state index in [2.05, 4.69) is 31.8 Å². The molecule has 0 spiro atoms. The molecule has 0 heterocycles. The van der Waals surface area contributed by atoms with Crippen LogP contribution < -0.4 is 4.74 Å². The standard InChI is InChI=1S/C15H26O3Si/c1-16-9-10-17-13-18-15-7-5-6-14(12-15)8-11-19(2,3)4/h5-7,12H,8-11,13H2,1-4H3. The molecule has 19 heavy (non-hydrogen) atoms. The molecular formula is C15H26O3Si. The van der Waals surface area contributed by atoms with Crippen LogP contribution in [0, 0.1) is 0 Å². The maximum atomic E-state index is 5.56. The van der Waals surface area contributed by atoms with Crippen molar-refractivity contribution in [1.29, 1.82) is 0 Å². The van der Waals surface area contributed by atoms with Gasteiger partial charge in [0.1, 0.15) is 5.75 Å². The first-order valence-corrected chi connectivity index (χ1v) is 10.5. The second-order valence-corrected chi connectivity index (χ2v) is 11.5. The fourth-order valence-corrected chi connectivity index (χ4v) is 2.66. The predicted octanol–water partition coefficient (Wildman–Crippen LogP) is 3.57. The Balaban J connectivity index is 2.35. The number of hydrogen-bond acceptors (Lipinski definition) is 3. The molecule has 1 aromatic carbocycles. The Hall–Kier alpha value is -0.843. The van der Waals surface area contributed by atoms with Crippen molar-refractivity contribution < 1.29 is 14.2 Å². The second kappa shape index (κ2) is 8.35. The molecule has 108 valence electrons. The number of ether oxygens (including phenoxy) is 3. The number of aryl methyl sites for hydroxylation is 1. The Bertz CT molecular complexity index is 361. The van der Waals surface area contributed by atoms with Crippen LogP contribution in [-0.4, -0.2) is 35.2 Å². The van der Waals surface area contributed by atoms with E-state index < -0.39 is 8.07 Å². The fraction of sp³-hybridized carbons (Fsp3) is 0.600. The maximum absolute atomic E-state index is 5.56. The molecule has 0 bridgehead atoms. The van der Waals surface area contributed by atoms with Gasteiger partial charge in [0.2, 0.25) is 0 Å².